The van der Waals surface area contributed by atoms with Crippen LogP contribution < -0.4 is 0 Å². The van der Waals surface area contributed by atoms with Crippen LogP contribution in [0, 0.1) is 0 Å². The van der Waals surface area contributed by atoms with E-state index in [1.165, 1.54) is 6.26 Å². The lowest BCUT2D eigenvalue weighted by Gasteiger charge is -2.13. The molecule has 18 heavy (non-hydrogen) atoms. The number of sulfone groups is 1. The fourth-order valence-electron chi connectivity index (χ4n) is 2.12. The van der Waals surface area contributed by atoms with Gasteiger partial charge in [-0.05, 0) is 32.6 Å². The summed E-state index contributed by atoms with van der Waals surface area (Å²) in [6.45, 7) is 1.60. The number of hydrogen-bond acceptors (Lipinski definition) is 4. The van der Waals surface area contributed by atoms with Gasteiger partial charge in [-0.1, -0.05) is 18.0 Å². The van der Waals surface area contributed by atoms with E-state index in [2.05, 4.69) is 9.97 Å². The smallest absolute Gasteiger partial charge is 0.157 e. The average molecular weight is 289 g/mol. The molecular weight excluding hydrogens is 272 g/mol. The molecule has 1 atom stereocenters. The molecule has 0 saturated carbocycles. The van der Waals surface area contributed by atoms with Crippen molar-refractivity contribution in [1.29, 1.82) is 0 Å². The highest BCUT2D eigenvalue weighted by Gasteiger charge is 2.23. The molecule has 4 nitrogen and oxygen atoms in total. The Hall–Kier alpha value is -0.680. The van der Waals surface area contributed by atoms with Gasteiger partial charge in [0.1, 0.15) is 16.2 Å². The molecule has 1 aliphatic carbocycles. The average Bonchev–Trinajstić information content (AvgIpc) is 2.52. The first kappa shape index (κ1) is 13.7. The second-order valence-electron chi connectivity index (χ2n) is 4.83. The molecule has 0 amide bonds. The molecule has 2 rings (SSSR count). The summed E-state index contributed by atoms with van der Waals surface area (Å²) in [5.74, 6) is 0.322. The number of aryl methyl sites for hydroxylation is 1. The van der Waals surface area contributed by atoms with Gasteiger partial charge in [-0.25, -0.2) is 18.4 Å². The number of rotatable bonds is 2. The maximum absolute atomic E-state index is 11.6. The maximum atomic E-state index is 11.6. The predicted octanol–water partition coefficient (Wildman–Crippen LogP) is 2.50. The van der Waals surface area contributed by atoms with E-state index in [0.717, 1.165) is 43.4 Å². The first-order chi connectivity index (χ1) is 8.39. The molecule has 0 N–H and O–H groups in total. The van der Waals surface area contributed by atoms with Crippen LogP contribution in [0.25, 0.3) is 0 Å². The number of hydrogen-bond donors (Lipinski definition) is 0. The molecular formula is C12H17ClN2O2S. The van der Waals surface area contributed by atoms with E-state index in [1.807, 2.05) is 0 Å². The van der Waals surface area contributed by atoms with Crippen LogP contribution >= 0.6 is 11.6 Å². The topological polar surface area (TPSA) is 59.9 Å². The first-order valence-corrected chi connectivity index (χ1v) is 8.47. The summed E-state index contributed by atoms with van der Waals surface area (Å²) in [7, 11) is -3.19. The van der Waals surface area contributed by atoms with Gasteiger partial charge in [0.05, 0.1) is 0 Å². The van der Waals surface area contributed by atoms with Crippen molar-refractivity contribution in [3.63, 3.8) is 0 Å². The molecule has 0 aromatic carbocycles. The summed E-state index contributed by atoms with van der Waals surface area (Å²) in [6, 6.07) is 0. The molecule has 1 unspecified atom stereocenters. The van der Waals surface area contributed by atoms with Gasteiger partial charge >= 0.3 is 0 Å². The second-order valence-corrected chi connectivity index (χ2v) is 7.55. The molecule has 0 spiro atoms. The zero-order valence-electron chi connectivity index (χ0n) is 10.6. The normalized spacial score (nSPS) is 17.9. The van der Waals surface area contributed by atoms with Crippen molar-refractivity contribution in [1.82, 2.24) is 9.97 Å². The van der Waals surface area contributed by atoms with Gasteiger partial charge in [-0.15, -0.1) is 0 Å². The Morgan fingerprint density at radius 3 is 2.50 bits per heavy atom. The highest BCUT2D eigenvalue weighted by Crippen LogP contribution is 2.27. The standard InChI is InChI=1S/C12H17ClN2O2S/c1-8(18(2,16)17)12-14-10-7-5-3-4-6-9(10)11(13)15-12/h8H,3-7H2,1-2H3. The molecule has 100 valence electrons. The van der Waals surface area contributed by atoms with Crippen LogP contribution in [0.1, 0.15) is 48.5 Å². The molecule has 0 aliphatic heterocycles. The fraction of sp³-hybridized carbons (Fsp3) is 0.667. The minimum absolute atomic E-state index is 0.322. The van der Waals surface area contributed by atoms with Crippen LogP contribution in [0.5, 0.6) is 0 Å². The van der Waals surface area contributed by atoms with Crippen molar-refractivity contribution < 1.29 is 8.42 Å². The van der Waals surface area contributed by atoms with Crippen LogP contribution in [-0.4, -0.2) is 24.6 Å². The van der Waals surface area contributed by atoms with Gasteiger partial charge in [-0.2, -0.15) is 0 Å². The number of aromatic nitrogens is 2. The van der Waals surface area contributed by atoms with E-state index < -0.39 is 15.1 Å². The van der Waals surface area contributed by atoms with Gasteiger partial charge in [0, 0.05) is 17.5 Å². The van der Waals surface area contributed by atoms with E-state index in [4.69, 9.17) is 11.6 Å². The van der Waals surface area contributed by atoms with Crippen LogP contribution in [-0.2, 0) is 22.7 Å². The SMILES string of the molecule is CC(c1nc(Cl)c2c(n1)CCCCC2)S(C)(=O)=O. The summed E-state index contributed by atoms with van der Waals surface area (Å²) >= 11 is 6.17. The Morgan fingerprint density at radius 2 is 1.83 bits per heavy atom. The predicted molar refractivity (Wildman–Crippen MR) is 71.6 cm³/mol. The van der Waals surface area contributed by atoms with Crippen molar-refractivity contribution in [2.75, 3.05) is 6.26 Å². The lowest BCUT2D eigenvalue weighted by atomic mass is 10.1. The van der Waals surface area contributed by atoms with E-state index in [1.54, 1.807) is 6.92 Å². The number of nitrogens with zero attached hydrogens (tertiary/aromatic N) is 2. The zero-order chi connectivity index (χ0) is 13.3. The van der Waals surface area contributed by atoms with Gasteiger partial charge < -0.3 is 0 Å². The van der Waals surface area contributed by atoms with E-state index >= 15 is 0 Å². The van der Waals surface area contributed by atoms with Crippen LogP contribution in [0.4, 0.5) is 0 Å². The molecule has 1 aromatic rings. The first-order valence-electron chi connectivity index (χ1n) is 6.13. The summed E-state index contributed by atoms with van der Waals surface area (Å²) in [5, 5.41) is -0.282. The van der Waals surface area contributed by atoms with E-state index in [0.29, 0.717) is 11.0 Å². The van der Waals surface area contributed by atoms with Crippen molar-refractivity contribution in [3.05, 3.63) is 22.2 Å². The molecule has 0 fully saturated rings. The quantitative estimate of drug-likeness (QED) is 0.620. The Labute approximate surface area is 113 Å². The minimum atomic E-state index is -3.19. The lowest BCUT2D eigenvalue weighted by molar-refractivity contribution is 0.588. The molecule has 0 saturated heterocycles. The van der Waals surface area contributed by atoms with Gasteiger partial charge in [0.15, 0.2) is 9.84 Å². The maximum Gasteiger partial charge on any atom is 0.157 e. The summed E-state index contributed by atoms with van der Waals surface area (Å²) in [4.78, 5) is 8.60. The van der Waals surface area contributed by atoms with Crippen LogP contribution in [0.15, 0.2) is 0 Å². The van der Waals surface area contributed by atoms with Crippen molar-refractivity contribution >= 4 is 21.4 Å². The lowest BCUT2D eigenvalue weighted by Crippen LogP contribution is -2.14. The van der Waals surface area contributed by atoms with Crippen molar-refractivity contribution in [2.45, 2.75) is 44.3 Å². The third-order valence-electron chi connectivity index (χ3n) is 3.41. The number of fused-ring (bicyclic) bond motifs is 1. The zero-order valence-corrected chi connectivity index (χ0v) is 12.2. The van der Waals surface area contributed by atoms with Gasteiger partial charge in [0.2, 0.25) is 0 Å². The monoisotopic (exact) mass is 288 g/mol. The largest absolute Gasteiger partial charge is 0.236 e. The number of halogens is 1. The second kappa shape index (κ2) is 5.13. The molecule has 0 radical (unpaired) electrons. The summed E-state index contributed by atoms with van der Waals surface area (Å²) in [5.41, 5.74) is 1.93. The highest BCUT2D eigenvalue weighted by molar-refractivity contribution is 7.90. The van der Waals surface area contributed by atoms with Gasteiger partial charge in [0.25, 0.3) is 0 Å². The Balaban J connectivity index is 2.47. The molecule has 0 bridgehead atoms. The molecule has 6 heteroatoms. The Morgan fingerprint density at radius 1 is 1.17 bits per heavy atom. The Bertz CT molecular complexity index is 557. The Kier molecular flexibility index (Phi) is 3.92. The third kappa shape index (κ3) is 2.83. The van der Waals surface area contributed by atoms with E-state index in [-0.39, 0.29) is 0 Å². The van der Waals surface area contributed by atoms with Crippen LogP contribution in [0.2, 0.25) is 5.15 Å². The summed E-state index contributed by atoms with van der Waals surface area (Å²) in [6.07, 6.45) is 6.27. The van der Waals surface area contributed by atoms with Crippen molar-refractivity contribution in [3.8, 4) is 0 Å². The summed E-state index contributed by atoms with van der Waals surface area (Å²) < 4.78 is 23.1. The fourth-order valence-corrected chi connectivity index (χ4v) is 2.89. The third-order valence-corrected chi connectivity index (χ3v) is 5.21. The highest BCUT2D eigenvalue weighted by atomic mass is 35.5. The van der Waals surface area contributed by atoms with Gasteiger partial charge in [-0.3, -0.25) is 0 Å². The molecule has 1 aromatic heterocycles. The van der Waals surface area contributed by atoms with Crippen molar-refractivity contribution in [2.24, 2.45) is 0 Å². The minimum Gasteiger partial charge on any atom is -0.236 e. The molecule has 1 aliphatic rings. The molecule has 1 heterocycles. The van der Waals surface area contributed by atoms with E-state index in [9.17, 15) is 8.42 Å². The van der Waals surface area contributed by atoms with Crippen LogP contribution in [0.3, 0.4) is 0 Å².